The highest BCUT2D eigenvalue weighted by Gasteiger charge is 2.51. The van der Waals surface area contributed by atoms with Gasteiger partial charge in [0, 0.05) is 21.7 Å². The van der Waals surface area contributed by atoms with Gasteiger partial charge in [0.15, 0.2) is 17.1 Å². The number of nitro groups is 1. The third-order valence-electron chi connectivity index (χ3n) is 4.66. The zero-order valence-corrected chi connectivity index (χ0v) is 16.8. The van der Waals surface area contributed by atoms with E-state index in [1.807, 2.05) is 0 Å². The van der Waals surface area contributed by atoms with Crippen molar-refractivity contribution in [2.75, 3.05) is 18.6 Å². The van der Waals surface area contributed by atoms with Crippen LogP contribution in [0.15, 0.2) is 40.9 Å². The molecule has 0 saturated carbocycles. The number of carbonyl (C=O) groups excluding carboxylic acids is 2. The fourth-order valence-corrected chi connectivity index (χ4v) is 3.64. The van der Waals surface area contributed by atoms with Gasteiger partial charge < -0.3 is 9.84 Å². The van der Waals surface area contributed by atoms with Crippen molar-refractivity contribution in [3.05, 3.63) is 62.1 Å². The molecule has 0 aromatic heterocycles. The molecule has 0 fully saturated rings. The zero-order valence-electron chi connectivity index (χ0n) is 15.2. The highest BCUT2D eigenvalue weighted by molar-refractivity contribution is 9.10. The van der Waals surface area contributed by atoms with Crippen molar-refractivity contribution in [3.8, 4) is 18.1 Å². The number of anilines is 1. The third kappa shape index (κ3) is 3.48. The van der Waals surface area contributed by atoms with E-state index in [2.05, 4.69) is 21.9 Å². The van der Waals surface area contributed by atoms with E-state index in [-0.39, 0.29) is 29.1 Å². The minimum Gasteiger partial charge on any atom is -0.490 e. The van der Waals surface area contributed by atoms with Crippen LogP contribution in [0.4, 0.5) is 11.4 Å². The lowest BCUT2D eigenvalue weighted by atomic mass is 9.88. The van der Waals surface area contributed by atoms with Crippen LogP contribution in [-0.2, 0) is 10.4 Å². The van der Waals surface area contributed by atoms with E-state index in [1.54, 1.807) is 18.2 Å². The molecule has 1 heterocycles. The Balaban J connectivity index is 2.01. The van der Waals surface area contributed by atoms with Gasteiger partial charge in [-0.3, -0.25) is 24.6 Å². The number of fused-ring (bicyclic) bond motifs is 1. The number of halogens is 1. The van der Waals surface area contributed by atoms with Crippen LogP contribution in [0.25, 0.3) is 0 Å². The predicted octanol–water partition coefficient (Wildman–Crippen LogP) is 2.81. The van der Waals surface area contributed by atoms with Gasteiger partial charge in [-0.1, -0.05) is 21.9 Å². The summed E-state index contributed by atoms with van der Waals surface area (Å²) in [7, 11) is 1.28. The van der Waals surface area contributed by atoms with Crippen LogP contribution in [0.5, 0.6) is 5.75 Å². The van der Waals surface area contributed by atoms with Gasteiger partial charge in [0.05, 0.1) is 30.7 Å². The lowest BCUT2D eigenvalue weighted by molar-refractivity contribution is -0.385. The first-order valence-corrected chi connectivity index (χ1v) is 9.15. The second-order valence-corrected chi connectivity index (χ2v) is 7.28. The predicted molar refractivity (Wildman–Crippen MR) is 108 cm³/mol. The summed E-state index contributed by atoms with van der Waals surface area (Å²) in [5.74, 6) is 0.995. The summed E-state index contributed by atoms with van der Waals surface area (Å²) in [4.78, 5) is 37.5. The molecule has 3 rings (SSSR count). The number of aliphatic hydroxyl groups is 1. The quantitative estimate of drug-likeness (QED) is 0.308. The van der Waals surface area contributed by atoms with Crippen molar-refractivity contribution in [1.29, 1.82) is 0 Å². The molecule has 0 bridgehead atoms. The van der Waals surface area contributed by atoms with Crippen LogP contribution in [0.1, 0.15) is 22.3 Å². The number of Topliss-reactive ketones (excluding diaryl/α,β-unsaturated/α-hetero) is 1. The molecule has 1 amide bonds. The molecule has 0 spiro atoms. The largest absolute Gasteiger partial charge is 0.490 e. The molecule has 1 N–H and O–H groups in total. The maximum absolute atomic E-state index is 12.9. The SMILES string of the molecule is C#CCN1C(=O)C(O)(CC(=O)c2ccc(OC)c([N+](=O)[O-])c2)c2cc(Br)ccc21. The Kier molecular flexibility index (Phi) is 5.42. The number of hydrogen-bond donors (Lipinski definition) is 1. The van der Waals surface area contributed by atoms with Gasteiger partial charge in [-0.2, -0.15) is 0 Å². The number of benzene rings is 2. The summed E-state index contributed by atoms with van der Waals surface area (Å²) in [6.07, 6.45) is 4.74. The van der Waals surface area contributed by atoms with Gasteiger partial charge in [-0.15, -0.1) is 6.42 Å². The standard InChI is InChI=1S/C20H15BrN2O6/c1-3-8-22-15-6-5-13(21)10-14(15)20(26,19(22)25)11-17(24)12-4-7-18(29-2)16(9-12)23(27)28/h1,4-7,9-10,26H,8,11H2,2H3. The first-order chi connectivity index (χ1) is 13.7. The van der Waals surface area contributed by atoms with Gasteiger partial charge in [0.2, 0.25) is 0 Å². The van der Waals surface area contributed by atoms with E-state index in [1.165, 1.54) is 24.1 Å². The summed E-state index contributed by atoms with van der Waals surface area (Å²) in [5.41, 5.74) is -1.90. The van der Waals surface area contributed by atoms with Gasteiger partial charge in [-0.25, -0.2) is 0 Å². The molecule has 148 valence electrons. The molecule has 0 aliphatic carbocycles. The normalized spacial score (nSPS) is 17.6. The first-order valence-electron chi connectivity index (χ1n) is 8.36. The molecule has 9 heteroatoms. The smallest absolute Gasteiger partial charge is 0.311 e. The number of amides is 1. The molecule has 0 radical (unpaired) electrons. The molecule has 2 aromatic rings. The lowest BCUT2D eigenvalue weighted by Gasteiger charge is -2.22. The van der Waals surface area contributed by atoms with E-state index in [0.29, 0.717) is 10.2 Å². The molecule has 2 aromatic carbocycles. The zero-order chi connectivity index (χ0) is 21.3. The monoisotopic (exact) mass is 458 g/mol. The second kappa shape index (κ2) is 7.66. The fraction of sp³-hybridized carbons (Fsp3) is 0.200. The maximum Gasteiger partial charge on any atom is 0.311 e. The number of methoxy groups -OCH3 is 1. The highest BCUT2D eigenvalue weighted by atomic mass is 79.9. The Hall–Kier alpha value is -3.22. The number of hydrogen-bond acceptors (Lipinski definition) is 6. The minimum absolute atomic E-state index is 0.00308. The molecule has 1 aliphatic rings. The molecule has 1 atom stereocenters. The Morgan fingerprint density at radius 2 is 2.10 bits per heavy atom. The summed E-state index contributed by atoms with van der Waals surface area (Å²) in [6, 6.07) is 8.56. The number of nitro benzene ring substituents is 1. The van der Waals surface area contributed by atoms with Crippen molar-refractivity contribution in [3.63, 3.8) is 0 Å². The Bertz CT molecular complexity index is 1080. The van der Waals surface area contributed by atoms with E-state index in [9.17, 15) is 24.8 Å². The number of ether oxygens (including phenoxy) is 1. The number of rotatable bonds is 6. The van der Waals surface area contributed by atoms with Gasteiger partial charge in [0.1, 0.15) is 0 Å². The number of ketones is 1. The summed E-state index contributed by atoms with van der Waals surface area (Å²) in [5, 5.41) is 22.4. The van der Waals surface area contributed by atoms with Crippen LogP contribution < -0.4 is 9.64 Å². The van der Waals surface area contributed by atoms with Crippen LogP contribution in [-0.4, -0.2) is 35.4 Å². The lowest BCUT2D eigenvalue weighted by Crippen LogP contribution is -2.42. The minimum atomic E-state index is -2.14. The second-order valence-electron chi connectivity index (χ2n) is 6.36. The maximum atomic E-state index is 12.9. The van der Waals surface area contributed by atoms with Crippen molar-refractivity contribution in [2.45, 2.75) is 12.0 Å². The fourth-order valence-electron chi connectivity index (χ4n) is 3.28. The Labute approximate surface area is 174 Å². The van der Waals surface area contributed by atoms with Crippen LogP contribution >= 0.6 is 15.9 Å². The molecule has 0 saturated heterocycles. The highest BCUT2D eigenvalue weighted by Crippen LogP contribution is 2.44. The van der Waals surface area contributed by atoms with Crippen molar-refractivity contribution < 1.29 is 24.4 Å². The van der Waals surface area contributed by atoms with Crippen LogP contribution in [0, 0.1) is 22.5 Å². The van der Waals surface area contributed by atoms with E-state index < -0.39 is 28.6 Å². The van der Waals surface area contributed by atoms with Crippen LogP contribution in [0.3, 0.4) is 0 Å². The van der Waals surface area contributed by atoms with Gasteiger partial charge >= 0.3 is 5.69 Å². The molecule has 8 nitrogen and oxygen atoms in total. The Morgan fingerprint density at radius 3 is 2.72 bits per heavy atom. The van der Waals surface area contributed by atoms with Gasteiger partial charge in [-0.05, 0) is 30.3 Å². The van der Waals surface area contributed by atoms with E-state index in [0.717, 1.165) is 6.07 Å². The molecular formula is C20H15BrN2O6. The summed E-state index contributed by atoms with van der Waals surface area (Å²) >= 11 is 3.29. The van der Waals surface area contributed by atoms with Crippen molar-refractivity contribution in [1.82, 2.24) is 0 Å². The summed E-state index contributed by atoms with van der Waals surface area (Å²) < 4.78 is 5.53. The molecule has 1 unspecified atom stereocenters. The Morgan fingerprint density at radius 1 is 1.38 bits per heavy atom. The number of terminal acetylenes is 1. The average Bonchev–Trinajstić information content (AvgIpc) is 2.89. The molecule has 29 heavy (non-hydrogen) atoms. The van der Waals surface area contributed by atoms with Crippen LogP contribution in [0.2, 0.25) is 0 Å². The number of nitrogens with zero attached hydrogens (tertiary/aromatic N) is 2. The topological polar surface area (TPSA) is 110 Å². The van der Waals surface area contributed by atoms with E-state index >= 15 is 0 Å². The number of carbonyl (C=O) groups is 2. The third-order valence-corrected chi connectivity index (χ3v) is 5.15. The molecular weight excluding hydrogens is 444 g/mol. The van der Waals surface area contributed by atoms with Crippen molar-refractivity contribution in [2.24, 2.45) is 0 Å². The summed E-state index contributed by atoms with van der Waals surface area (Å²) in [6.45, 7) is -0.0715. The average molecular weight is 459 g/mol. The van der Waals surface area contributed by atoms with Crippen molar-refractivity contribution >= 4 is 39.0 Å². The van der Waals surface area contributed by atoms with Gasteiger partial charge in [0.25, 0.3) is 5.91 Å². The molecule has 1 aliphatic heterocycles. The first kappa shape index (κ1) is 20.5. The van der Waals surface area contributed by atoms with E-state index in [4.69, 9.17) is 11.2 Å².